The molecule has 1 rings (SSSR count). The number of nitrogens with one attached hydrogen (secondary N) is 1. The number of hydrogen-bond acceptors (Lipinski definition) is 1. The van der Waals surface area contributed by atoms with E-state index in [1.807, 2.05) is 0 Å². The van der Waals surface area contributed by atoms with Crippen molar-refractivity contribution in [1.82, 2.24) is 5.32 Å². The Morgan fingerprint density at radius 3 is 2.33 bits per heavy atom. The lowest BCUT2D eigenvalue weighted by Crippen LogP contribution is -2.38. The van der Waals surface area contributed by atoms with E-state index in [9.17, 15) is 0 Å². The molecular weight excluding hydrogens is 218 g/mol. The summed E-state index contributed by atoms with van der Waals surface area (Å²) >= 11 is 0. The molecule has 106 valence electrons. The molecule has 1 unspecified atom stereocenters. The van der Waals surface area contributed by atoms with E-state index >= 15 is 0 Å². The van der Waals surface area contributed by atoms with Gasteiger partial charge in [0.25, 0.3) is 0 Å². The SMILES string of the molecule is C=C(CC)CC(NCCC)C1CCC(CC)CC1. The molecule has 0 amide bonds. The molecule has 0 aromatic rings. The first-order valence-corrected chi connectivity index (χ1v) is 8.11. The summed E-state index contributed by atoms with van der Waals surface area (Å²) in [6.45, 7) is 12.2. The van der Waals surface area contributed by atoms with Crippen molar-refractivity contribution in [3.8, 4) is 0 Å². The Hall–Kier alpha value is -0.300. The summed E-state index contributed by atoms with van der Waals surface area (Å²) in [7, 11) is 0. The highest BCUT2D eigenvalue weighted by molar-refractivity contribution is 4.98. The Balaban J connectivity index is 2.46. The van der Waals surface area contributed by atoms with Crippen LogP contribution in [0.15, 0.2) is 12.2 Å². The molecular formula is C17H33N. The molecule has 1 heteroatoms. The largest absolute Gasteiger partial charge is 0.313 e. The lowest BCUT2D eigenvalue weighted by Gasteiger charge is -2.34. The maximum Gasteiger partial charge on any atom is 0.0132 e. The van der Waals surface area contributed by atoms with Crippen molar-refractivity contribution in [2.75, 3.05) is 6.54 Å². The fraction of sp³-hybridized carbons (Fsp3) is 0.882. The van der Waals surface area contributed by atoms with Gasteiger partial charge < -0.3 is 5.32 Å². The van der Waals surface area contributed by atoms with Crippen molar-refractivity contribution in [3.63, 3.8) is 0 Å². The average molecular weight is 251 g/mol. The highest BCUT2D eigenvalue weighted by atomic mass is 14.9. The van der Waals surface area contributed by atoms with E-state index in [1.165, 1.54) is 50.5 Å². The summed E-state index contributed by atoms with van der Waals surface area (Å²) in [5, 5.41) is 3.78. The molecule has 1 saturated carbocycles. The average Bonchev–Trinajstić information content (AvgIpc) is 2.43. The zero-order valence-electron chi connectivity index (χ0n) is 12.8. The number of rotatable bonds is 8. The van der Waals surface area contributed by atoms with Crippen LogP contribution in [0.5, 0.6) is 0 Å². The second-order valence-corrected chi connectivity index (χ2v) is 6.06. The minimum absolute atomic E-state index is 0.690. The van der Waals surface area contributed by atoms with Gasteiger partial charge in [-0.05, 0) is 50.5 Å². The standard InChI is InChI=1S/C17H33N/c1-5-12-18-17(13-14(4)6-2)16-10-8-15(7-3)9-11-16/h15-18H,4-13H2,1-3H3. The zero-order valence-corrected chi connectivity index (χ0v) is 12.8. The second-order valence-electron chi connectivity index (χ2n) is 6.06. The van der Waals surface area contributed by atoms with Crippen LogP contribution in [0.25, 0.3) is 0 Å². The minimum Gasteiger partial charge on any atom is -0.313 e. The lowest BCUT2D eigenvalue weighted by atomic mass is 9.76. The summed E-state index contributed by atoms with van der Waals surface area (Å²) in [6.07, 6.45) is 10.7. The van der Waals surface area contributed by atoms with E-state index < -0.39 is 0 Å². The van der Waals surface area contributed by atoms with Gasteiger partial charge in [0.15, 0.2) is 0 Å². The third-order valence-corrected chi connectivity index (χ3v) is 4.70. The first kappa shape index (κ1) is 15.8. The van der Waals surface area contributed by atoms with Crippen LogP contribution in [0.1, 0.15) is 72.1 Å². The van der Waals surface area contributed by atoms with Crippen molar-refractivity contribution < 1.29 is 0 Å². The van der Waals surface area contributed by atoms with Crippen LogP contribution >= 0.6 is 0 Å². The van der Waals surface area contributed by atoms with Crippen LogP contribution in [0, 0.1) is 11.8 Å². The molecule has 1 nitrogen and oxygen atoms in total. The quantitative estimate of drug-likeness (QED) is 0.603. The third-order valence-electron chi connectivity index (χ3n) is 4.70. The van der Waals surface area contributed by atoms with Crippen molar-refractivity contribution in [3.05, 3.63) is 12.2 Å². The fourth-order valence-electron chi connectivity index (χ4n) is 3.19. The Morgan fingerprint density at radius 1 is 1.17 bits per heavy atom. The Labute approximate surface area is 114 Å². The predicted molar refractivity (Wildman–Crippen MR) is 81.9 cm³/mol. The topological polar surface area (TPSA) is 12.0 Å². The fourth-order valence-corrected chi connectivity index (χ4v) is 3.19. The van der Waals surface area contributed by atoms with Crippen molar-refractivity contribution in [2.45, 2.75) is 78.2 Å². The third kappa shape index (κ3) is 5.14. The molecule has 0 spiro atoms. The van der Waals surface area contributed by atoms with Crippen LogP contribution in [0.2, 0.25) is 0 Å². The molecule has 0 aromatic heterocycles. The Bertz CT molecular complexity index is 226. The van der Waals surface area contributed by atoms with E-state index in [2.05, 4.69) is 32.7 Å². The highest BCUT2D eigenvalue weighted by Crippen LogP contribution is 2.34. The normalized spacial score (nSPS) is 25.9. The van der Waals surface area contributed by atoms with E-state index in [4.69, 9.17) is 0 Å². The Kier molecular flexibility index (Phi) is 7.65. The maximum atomic E-state index is 4.21. The van der Waals surface area contributed by atoms with Crippen LogP contribution in [-0.2, 0) is 0 Å². The molecule has 1 N–H and O–H groups in total. The van der Waals surface area contributed by atoms with Gasteiger partial charge in [-0.3, -0.25) is 0 Å². The predicted octanol–water partition coefficient (Wildman–Crippen LogP) is 4.93. The molecule has 0 aromatic carbocycles. The van der Waals surface area contributed by atoms with E-state index in [0.717, 1.165) is 24.8 Å². The van der Waals surface area contributed by atoms with Crippen molar-refractivity contribution >= 4 is 0 Å². The summed E-state index contributed by atoms with van der Waals surface area (Å²) in [5.74, 6) is 1.89. The molecule has 0 bridgehead atoms. The van der Waals surface area contributed by atoms with Gasteiger partial charge in [0.05, 0.1) is 0 Å². The van der Waals surface area contributed by atoms with Crippen LogP contribution in [-0.4, -0.2) is 12.6 Å². The van der Waals surface area contributed by atoms with E-state index in [0.29, 0.717) is 6.04 Å². The minimum atomic E-state index is 0.690. The van der Waals surface area contributed by atoms with E-state index in [1.54, 1.807) is 0 Å². The van der Waals surface area contributed by atoms with Crippen LogP contribution in [0.4, 0.5) is 0 Å². The molecule has 1 aliphatic rings. The molecule has 0 aliphatic heterocycles. The summed E-state index contributed by atoms with van der Waals surface area (Å²) in [6, 6.07) is 0.690. The molecule has 0 radical (unpaired) electrons. The highest BCUT2D eigenvalue weighted by Gasteiger charge is 2.26. The van der Waals surface area contributed by atoms with Gasteiger partial charge in [0, 0.05) is 6.04 Å². The molecule has 0 saturated heterocycles. The molecule has 1 aliphatic carbocycles. The van der Waals surface area contributed by atoms with Gasteiger partial charge in [-0.15, -0.1) is 0 Å². The smallest absolute Gasteiger partial charge is 0.0132 e. The second kappa shape index (κ2) is 8.74. The van der Waals surface area contributed by atoms with Crippen LogP contribution in [0.3, 0.4) is 0 Å². The van der Waals surface area contributed by atoms with Crippen molar-refractivity contribution in [2.24, 2.45) is 11.8 Å². The van der Waals surface area contributed by atoms with Crippen LogP contribution < -0.4 is 5.32 Å². The first-order valence-electron chi connectivity index (χ1n) is 8.11. The van der Waals surface area contributed by atoms with Gasteiger partial charge >= 0.3 is 0 Å². The van der Waals surface area contributed by atoms with Gasteiger partial charge in [-0.25, -0.2) is 0 Å². The summed E-state index contributed by atoms with van der Waals surface area (Å²) < 4.78 is 0. The van der Waals surface area contributed by atoms with Gasteiger partial charge in [-0.1, -0.05) is 52.2 Å². The lowest BCUT2D eigenvalue weighted by molar-refractivity contribution is 0.216. The monoisotopic (exact) mass is 251 g/mol. The molecule has 18 heavy (non-hydrogen) atoms. The molecule has 1 atom stereocenters. The molecule has 0 heterocycles. The first-order chi connectivity index (χ1) is 8.71. The number of hydrogen-bond donors (Lipinski definition) is 1. The Morgan fingerprint density at radius 2 is 1.83 bits per heavy atom. The maximum absolute atomic E-state index is 4.21. The van der Waals surface area contributed by atoms with Gasteiger partial charge in [0.1, 0.15) is 0 Å². The zero-order chi connectivity index (χ0) is 13.4. The molecule has 1 fully saturated rings. The van der Waals surface area contributed by atoms with Crippen molar-refractivity contribution in [1.29, 1.82) is 0 Å². The van der Waals surface area contributed by atoms with E-state index in [-0.39, 0.29) is 0 Å². The summed E-state index contributed by atoms with van der Waals surface area (Å²) in [4.78, 5) is 0. The summed E-state index contributed by atoms with van der Waals surface area (Å²) in [5.41, 5.74) is 1.42. The van der Waals surface area contributed by atoms with Gasteiger partial charge in [0.2, 0.25) is 0 Å². The van der Waals surface area contributed by atoms with Gasteiger partial charge in [-0.2, -0.15) is 0 Å².